The maximum absolute atomic E-state index is 6.68. The van der Waals surface area contributed by atoms with E-state index in [2.05, 4.69) is 93.6 Å². The predicted octanol–water partition coefficient (Wildman–Crippen LogP) is 13.2. The summed E-state index contributed by atoms with van der Waals surface area (Å²) in [5.74, 6) is -0.316. The van der Waals surface area contributed by atoms with Crippen LogP contribution in [0.3, 0.4) is 0 Å². The number of ether oxygens (including phenoxy) is 2. The van der Waals surface area contributed by atoms with E-state index in [1.807, 2.05) is 0 Å². The van der Waals surface area contributed by atoms with E-state index in [0.29, 0.717) is 0 Å². The molecule has 1 aliphatic heterocycles. The van der Waals surface area contributed by atoms with Crippen LogP contribution in [0.15, 0.2) is 60.8 Å². The highest BCUT2D eigenvalue weighted by atomic mass is 16.7. The van der Waals surface area contributed by atoms with E-state index in [1.54, 1.807) is 0 Å². The molecule has 0 radical (unpaired) electrons. The molecule has 0 amide bonds. The van der Waals surface area contributed by atoms with E-state index in [-0.39, 0.29) is 11.9 Å². The summed E-state index contributed by atoms with van der Waals surface area (Å²) in [4.78, 5) is 2.26. The second-order valence-electron chi connectivity index (χ2n) is 13.8. The fraction of sp³-hybridized carbons (Fsp3) is 0.767. The first kappa shape index (κ1) is 42.6. The minimum Gasteiger partial charge on any atom is -0.347 e. The third kappa shape index (κ3) is 26.6. The molecule has 3 nitrogen and oxygen atoms in total. The van der Waals surface area contributed by atoms with Crippen LogP contribution in [-0.4, -0.2) is 44.0 Å². The lowest BCUT2D eigenvalue weighted by atomic mass is 9.98. The standard InChI is InChI=1S/C43H77NO2/c1-5-7-9-11-13-15-17-19-21-23-25-27-29-31-33-35-38-43(45-41-42(46-43)37-40-44(3)4)39-36-34-32-30-28-26-24-22-20-18-16-14-12-10-8-6-2/h7-10,13-16,19,21,42H,5-6,11-12,17-18,20,22-41H2,1-4H3. The Morgan fingerprint density at radius 2 is 0.913 bits per heavy atom. The molecule has 0 aromatic carbocycles. The molecule has 266 valence electrons. The van der Waals surface area contributed by atoms with Crippen molar-refractivity contribution < 1.29 is 9.47 Å². The van der Waals surface area contributed by atoms with Gasteiger partial charge < -0.3 is 14.4 Å². The molecular formula is C43H77NO2. The van der Waals surface area contributed by atoms with Crippen LogP contribution < -0.4 is 0 Å². The highest BCUT2D eigenvalue weighted by Crippen LogP contribution is 2.35. The van der Waals surface area contributed by atoms with Gasteiger partial charge in [0.2, 0.25) is 0 Å². The Kier molecular flexibility index (Phi) is 29.8. The van der Waals surface area contributed by atoms with E-state index in [9.17, 15) is 0 Å². The van der Waals surface area contributed by atoms with Crippen molar-refractivity contribution >= 4 is 0 Å². The van der Waals surface area contributed by atoms with Gasteiger partial charge in [-0.15, -0.1) is 0 Å². The number of unbranched alkanes of at least 4 members (excludes halogenated alkanes) is 15. The Balaban J connectivity index is 2.15. The zero-order valence-corrected chi connectivity index (χ0v) is 31.2. The summed E-state index contributed by atoms with van der Waals surface area (Å²) in [6.07, 6.45) is 54.5. The molecule has 0 spiro atoms. The van der Waals surface area contributed by atoms with Crippen LogP contribution in [0.25, 0.3) is 0 Å². The van der Waals surface area contributed by atoms with Gasteiger partial charge in [-0.25, -0.2) is 0 Å². The summed E-state index contributed by atoms with van der Waals surface area (Å²) in [6.45, 7) is 6.22. The van der Waals surface area contributed by atoms with Gasteiger partial charge in [0.25, 0.3) is 0 Å². The Morgan fingerprint density at radius 1 is 0.522 bits per heavy atom. The highest BCUT2D eigenvalue weighted by Gasteiger charge is 2.40. The van der Waals surface area contributed by atoms with Crippen LogP contribution >= 0.6 is 0 Å². The van der Waals surface area contributed by atoms with Crippen LogP contribution in [0.1, 0.15) is 174 Å². The highest BCUT2D eigenvalue weighted by molar-refractivity contribution is 4.97. The summed E-state index contributed by atoms with van der Waals surface area (Å²) in [5.41, 5.74) is 0. The molecule has 1 rings (SSSR count). The fourth-order valence-corrected chi connectivity index (χ4v) is 6.19. The molecule has 1 aliphatic rings. The zero-order chi connectivity index (χ0) is 33.2. The number of hydrogen-bond donors (Lipinski definition) is 0. The molecule has 3 heteroatoms. The molecule has 0 N–H and O–H groups in total. The van der Waals surface area contributed by atoms with Crippen LogP contribution in [-0.2, 0) is 9.47 Å². The lowest BCUT2D eigenvalue weighted by molar-refractivity contribution is -0.180. The molecule has 0 aliphatic carbocycles. The summed E-state index contributed by atoms with van der Waals surface area (Å²) >= 11 is 0. The number of allylic oxidation sites excluding steroid dienone is 10. The smallest absolute Gasteiger partial charge is 0.168 e. The Morgan fingerprint density at radius 3 is 1.35 bits per heavy atom. The van der Waals surface area contributed by atoms with Crippen LogP contribution in [0.5, 0.6) is 0 Å². The zero-order valence-electron chi connectivity index (χ0n) is 31.2. The lowest BCUT2D eigenvalue weighted by Gasteiger charge is -2.29. The molecule has 1 heterocycles. The van der Waals surface area contributed by atoms with Crippen molar-refractivity contribution in [3.05, 3.63) is 60.8 Å². The third-order valence-corrected chi connectivity index (χ3v) is 9.04. The minimum atomic E-state index is -0.316. The van der Waals surface area contributed by atoms with Gasteiger partial charge in [-0.1, -0.05) is 145 Å². The topological polar surface area (TPSA) is 21.7 Å². The quantitative estimate of drug-likeness (QED) is 0.0540. The largest absolute Gasteiger partial charge is 0.347 e. The first-order valence-electron chi connectivity index (χ1n) is 19.8. The van der Waals surface area contributed by atoms with Gasteiger partial charge in [-0.3, -0.25) is 0 Å². The molecule has 0 aromatic rings. The number of nitrogens with zero attached hydrogens (tertiary/aromatic N) is 1. The SMILES string of the molecule is CCC=CCC=CCC=CCCCCCCCCC1(CCCCCCCCCCCC=CCC=CCC)OCC(CCN(C)C)O1. The monoisotopic (exact) mass is 640 g/mol. The van der Waals surface area contributed by atoms with Crippen molar-refractivity contribution in [1.82, 2.24) is 4.90 Å². The third-order valence-electron chi connectivity index (χ3n) is 9.04. The molecule has 0 aromatic heterocycles. The number of rotatable bonds is 32. The summed E-state index contributed by atoms with van der Waals surface area (Å²) in [6, 6.07) is 0. The second kappa shape index (κ2) is 32.1. The second-order valence-corrected chi connectivity index (χ2v) is 13.8. The predicted molar refractivity (Wildman–Crippen MR) is 205 cm³/mol. The molecule has 0 saturated carbocycles. The van der Waals surface area contributed by atoms with Crippen LogP contribution in [0.2, 0.25) is 0 Å². The molecule has 46 heavy (non-hydrogen) atoms. The van der Waals surface area contributed by atoms with Gasteiger partial charge in [-0.2, -0.15) is 0 Å². The molecule has 0 bridgehead atoms. The van der Waals surface area contributed by atoms with E-state index >= 15 is 0 Å². The van der Waals surface area contributed by atoms with Gasteiger partial charge >= 0.3 is 0 Å². The van der Waals surface area contributed by atoms with Gasteiger partial charge in [-0.05, 0) is 91.1 Å². The van der Waals surface area contributed by atoms with Crippen molar-refractivity contribution in [2.75, 3.05) is 27.2 Å². The lowest BCUT2D eigenvalue weighted by Crippen LogP contribution is -2.31. The van der Waals surface area contributed by atoms with E-state index < -0.39 is 0 Å². The summed E-state index contributed by atoms with van der Waals surface area (Å²) in [5, 5.41) is 0. The fourth-order valence-electron chi connectivity index (χ4n) is 6.19. The van der Waals surface area contributed by atoms with Gasteiger partial charge in [0.1, 0.15) is 0 Å². The maximum Gasteiger partial charge on any atom is 0.168 e. The molecular weight excluding hydrogens is 562 g/mol. The van der Waals surface area contributed by atoms with E-state index in [1.165, 1.54) is 109 Å². The minimum absolute atomic E-state index is 0.261. The normalized spacial score (nSPS) is 19.2. The Hall–Kier alpha value is -1.42. The van der Waals surface area contributed by atoms with E-state index in [4.69, 9.17) is 9.47 Å². The van der Waals surface area contributed by atoms with Gasteiger partial charge in [0.15, 0.2) is 5.79 Å². The molecule has 2 unspecified atom stereocenters. The molecule has 1 fully saturated rings. The first-order chi connectivity index (χ1) is 22.6. The van der Waals surface area contributed by atoms with Crippen molar-refractivity contribution in [2.45, 2.75) is 186 Å². The van der Waals surface area contributed by atoms with E-state index in [0.717, 1.165) is 64.5 Å². The average Bonchev–Trinajstić information content (AvgIpc) is 3.46. The van der Waals surface area contributed by atoms with Crippen molar-refractivity contribution in [2.24, 2.45) is 0 Å². The van der Waals surface area contributed by atoms with Crippen molar-refractivity contribution in [1.29, 1.82) is 0 Å². The van der Waals surface area contributed by atoms with Crippen LogP contribution in [0, 0.1) is 0 Å². The van der Waals surface area contributed by atoms with Gasteiger partial charge in [0.05, 0.1) is 12.7 Å². The average molecular weight is 640 g/mol. The summed E-state index contributed by atoms with van der Waals surface area (Å²) < 4.78 is 13.1. The Labute approximate surface area is 288 Å². The van der Waals surface area contributed by atoms with Gasteiger partial charge in [0, 0.05) is 19.4 Å². The Bertz CT molecular complexity index is 795. The summed E-state index contributed by atoms with van der Waals surface area (Å²) in [7, 11) is 4.30. The van der Waals surface area contributed by atoms with Crippen molar-refractivity contribution in [3.63, 3.8) is 0 Å². The van der Waals surface area contributed by atoms with Crippen LogP contribution in [0.4, 0.5) is 0 Å². The van der Waals surface area contributed by atoms with Crippen molar-refractivity contribution in [3.8, 4) is 0 Å². The maximum atomic E-state index is 6.68. The molecule has 2 atom stereocenters. The number of hydrogen-bond acceptors (Lipinski definition) is 3. The first-order valence-corrected chi connectivity index (χ1v) is 19.8. The molecule has 1 saturated heterocycles.